The lowest BCUT2D eigenvalue weighted by Gasteiger charge is -2.31. The van der Waals surface area contributed by atoms with Gasteiger partial charge in [0, 0.05) is 26.9 Å². The maximum Gasteiger partial charge on any atom is 0.419 e. The average molecular weight is 507 g/mol. The number of hydrogen-bond donors (Lipinski definition) is 1. The number of para-hydroxylation sites is 2. The first-order valence-corrected chi connectivity index (χ1v) is 10.3. The van der Waals surface area contributed by atoms with Crippen molar-refractivity contribution in [1.82, 2.24) is 5.32 Å². The van der Waals surface area contributed by atoms with Crippen molar-refractivity contribution in [2.24, 2.45) is 0 Å². The molecule has 0 aliphatic heterocycles. The number of carbonyl (C=O) groups is 2. The van der Waals surface area contributed by atoms with Crippen molar-refractivity contribution in [2.45, 2.75) is 18.5 Å². The monoisotopic (exact) mass is 506 g/mol. The first kappa shape index (κ1) is 23.5. The van der Waals surface area contributed by atoms with E-state index in [0.717, 1.165) is 4.90 Å². The molecule has 5 nitrogen and oxygen atoms in total. The van der Waals surface area contributed by atoms with Crippen LogP contribution in [0.4, 0.5) is 24.7 Å². The van der Waals surface area contributed by atoms with Gasteiger partial charge in [-0.3, -0.25) is 15.0 Å². The molecule has 1 atom stereocenters. The van der Waals surface area contributed by atoms with Crippen molar-refractivity contribution in [3.63, 3.8) is 0 Å². The van der Waals surface area contributed by atoms with Crippen LogP contribution in [0.2, 0.25) is 0 Å². The summed E-state index contributed by atoms with van der Waals surface area (Å²) < 4.78 is 42.9. The molecule has 0 saturated carbocycles. The molecule has 0 aliphatic carbocycles. The molecule has 9 heteroatoms. The zero-order valence-corrected chi connectivity index (χ0v) is 18.1. The highest BCUT2D eigenvalue weighted by Gasteiger charge is 2.55. The van der Waals surface area contributed by atoms with E-state index in [1.165, 1.54) is 0 Å². The fraction of sp³-hybridized carbons (Fsp3) is 0.130. The second-order valence-corrected chi connectivity index (χ2v) is 7.59. The molecule has 0 aliphatic rings. The smallest absolute Gasteiger partial charge is 0.296 e. The lowest BCUT2D eigenvalue weighted by atomic mass is 10.1. The zero-order valence-electron chi connectivity index (χ0n) is 16.6. The van der Waals surface area contributed by atoms with Gasteiger partial charge in [-0.25, -0.2) is 9.74 Å². The minimum Gasteiger partial charge on any atom is -0.296 e. The maximum absolute atomic E-state index is 14.9. The summed E-state index contributed by atoms with van der Waals surface area (Å²) in [5, 5.41) is 2.41. The number of nitrogens with one attached hydrogen (secondary N) is 1. The Morgan fingerprint density at radius 1 is 0.906 bits per heavy atom. The summed E-state index contributed by atoms with van der Waals surface area (Å²) in [6, 6.07) is 20.5. The SMILES string of the molecule is O=C(C(NCc1ccccc1Br)C(F)(F)C(=O)OF)N(c1ccccc1)c1ccccc1. The van der Waals surface area contributed by atoms with Gasteiger partial charge in [-0.15, -0.1) is 0 Å². The van der Waals surface area contributed by atoms with E-state index in [1.54, 1.807) is 84.9 Å². The Labute approximate surface area is 190 Å². The predicted octanol–water partition coefficient (Wildman–Crippen LogP) is 5.34. The fourth-order valence-corrected chi connectivity index (χ4v) is 3.51. The molecule has 0 heterocycles. The molecule has 3 aromatic carbocycles. The fourth-order valence-electron chi connectivity index (χ4n) is 3.08. The van der Waals surface area contributed by atoms with Crippen molar-refractivity contribution >= 4 is 39.2 Å². The van der Waals surface area contributed by atoms with Crippen molar-refractivity contribution in [3.05, 3.63) is 95.0 Å². The largest absolute Gasteiger partial charge is 0.419 e. The van der Waals surface area contributed by atoms with E-state index in [4.69, 9.17) is 0 Å². The Morgan fingerprint density at radius 2 is 1.41 bits per heavy atom. The molecule has 1 amide bonds. The van der Waals surface area contributed by atoms with Gasteiger partial charge in [0.2, 0.25) is 0 Å². The molecule has 32 heavy (non-hydrogen) atoms. The second kappa shape index (κ2) is 10.4. The normalized spacial score (nSPS) is 12.1. The summed E-state index contributed by atoms with van der Waals surface area (Å²) in [6.45, 7) is -0.204. The predicted molar refractivity (Wildman–Crippen MR) is 117 cm³/mol. The third-order valence-corrected chi connectivity index (χ3v) is 5.43. The van der Waals surface area contributed by atoms with E-state index in [9.17, 15) is 22.9 Å². The van der Waals surface area contributed by atoms with Crippen LogP contribution in [0.1, 0.15) is 5.56 Å². The van der Waals surface area contributed by atoms with Crippen molar-refractivity contribution < 1.29 is 27.8 Å². The molecule has 1 N–H and O–H groups in total. The van der Waals surface area contributed by atoms with Crippen LogP contribution in [-0.4, -0.2) is 23.8 Å². The molecule has 0 spiro atoms. The number of anilines is 2. The average Bonchev–Trinajstić information content (AvgIpc) is 2.81. The number of nitrogens with zero attached hydrogens (tertiary/aromatic N) is 1. The van der Waals surface area contributed by atoms with E-state index in [0.29, 0.717) is 21.4 Å². The molecular weight excluding hydrogens is 489 g/mol. The molecule has 0 saturated heterocycles. The van der Waals surface area contributed by atoms with Gasteiger partial charge in [-0.05, 0) is 35.9 Å². The van der Waals surface area contributed by atoms with Crippen molar-refractivity contribution in [1.29, 1.82) is 0 Å². The van der Waals surface area contributed by atoms with Crippen LogP contribution in [-0.2, 0) is 21.1 Å². The highest BCUT2D eigenvalue weighted by atomic mass is 79.9. The minimum absolute atomic E-state index is 0.204. The van der Waals surface area contributed by atoms with Crippen LogP contribution in [0, 0.1) is 0 Å². The summed E-state index contributed by atoms with van der Waals surface area (Å²) in [4.78, 5) is 28.9. The van der Waals surface area contributed by atoms with Gasteiger partial charge in [0.15, 0.2) is 6.04 Å². The minimum atomic E-state index is -4.49. The molecule has 0 fully saturated rings. The van der Waals surface area contributed by atoms with E-state index in [-0.39, 0.29) is 6.54 Å². The first-order chi connectivity index (χ1) is 15.4. The molecular formula is C23H18BrF3N2O3. The Morgan fingerprint density at radius 3 is 1.91 bits per heavy atom. The number of benzene rings is 3. The summed E-state index contributed by atoms with van der Waals surface area (Å²) in [7, 11) is 0. The van der Waals surface area contributed by atoms with Crippen molar-refractivity contribution in [3.8, 4) is 0 Å². The summed E-state index contributed by atoms with van der Waals surface area (Å²) in [5.74, 6) is -8.11. The maximum atomic E-state index is 14.9. The van der Waals surface area contributed by atoms with Crippen LogP contribution in [0.3, 0.4) is 0 Å². The number of rotatable bonds is 8. The Hall–Kier alpha value is -3.17. The van der Waals surface area contributed by atoms with E-state index < -0.39 is 23.8 Å². The quantitative estimate of drug-likeness (QED) is 0.448. The van der Waals surface area contributed by atoms with E-state index >= 15 is 0 Å². The van der Waals surface area contributed by atoms with Crippen LogP contribution in [0.5, 0.6) is 0 Å². The Kier molecular flexibility index (Phi) is 7.66. The second-order valence-electron chi connectivity index (χ2n) is 6.74. The lowest BCUT2D eigenvalue weighted by molar-refractivity contribution is -0.215. The molecule has 1 unspecified atom stereocenters. The van der Waals surface area contributed by atoms with Gasteiger partial charge in [0.1, 0.15) is 0 Å². The lowest BCUT2D eigenvalue weighted by Crippen LogP contribution is -2.58. The molecule has 0 bridgehead atoms. The number of hydrogen-bond acceptors (Lipinski definition) is 4. The molecule has 0 radical (unpaired) electrons. The van der Waals surface area contributed by atoms with Gasteiger partial charge in [0.25, 0.3) is 5.91 Å². The third-order valence-electron chi connectivity index (χ3n) is 4.66. The molecule has 0 aromatic heterocycles. The first-order valence-electron chi connectivity index (χ1n) is 9.48. The van der Waals surface area contributed by atoms with E-state index in [1.807, 2.05) is 0 Å². The summed E-state index contributed by atoms with van der Waals surface area (Å²) in [5.41, 5.74) is 1.14. The zero-order chi connectivity index (χ0) is 23.1. The van der Waals surface area contributed by atoms with E-state index in [2.05, 4.69) is 26.2 Å². The van der Waals surface area contributed by atoms with Gasteiger partial charge < -0.3 is 0 Å². The number of amides is 1. The molecule has 3 rings (SSSR count). The molecule has 166 valence electrons. The van der Waals surface area contributed by atoms with Crippen LogP contribution < -0.4 is 10.2 Å². The summed E-state index contributed by atoms with van der Waals surface area (Å²) >= 11 is 3.30. The number of halogens is 4. The van der Waals surface area contributed by atoms with Gasteiger partial charge >= 0.3 is 11.9 Å². The van der Waals surface area contributed by atoms with Gasteiger partial charge in [0.05, 0.1) is 0 Å². The standard InChI is InChI=1S/C23H18BrF3N2O3/c24-19-14-8-7-9-16(19)15-28-20(23(25,26)22(31)32-27)21(30)29(17-10-3-1-4-11-17)18-12-5-2-6-13-18/h1-14,20,28H,15H2. The highest BCUT2D eigenvalue weighted by molar-refractivity contribution is 9.10. The van der Waals surface area contributed by atoms with Gasteiger partial charge in [-0.1, -0.05) is 70.5 Å². The van der Waals surface area contributed by atoms with Crippen LogP contribution >= 0.6 is 15.9 Å². The molecule has 3 aromatic rings. The van der Waals surface area contributed by atoms with Crippen LogP contribution in [0.25, 0.3) is 0 Å². The highest BCUT2D eigenvalue weighted by Crippen LogP contribution is 2.31. The third kappa shape index (κ3) is 5.17. The number of carbonyl (C=O) groups excluding carboxylic acids is 2. The van der Waals surface area contributed by atoms with Crippen LogP contribution in [0.15, 0.2) is 89.4 Å². The van der Waals surface area contributed by atoms with Gasteiger partial charge in [-0.2, -0.15) is 8.78 Å². The topological polar surface area (TPSA) is 58.6 Å². The summed E-state index contributed by atoms with van der Waals surface area (Å²) in [6.07, 6.45) is 0. The van der Waals surface area contributed by atoms with Crippen molar-refractivity contribution in [2.75, 3.05) is 4.90 Å². The Bertz CT molecular complexity index is 1030. The Balaban J connectivity index is 2.03. The number of alkyl halides is 2.